The van der Waals surface area contributed by atoms with Crippen molar-refractivity contribution in [1.82, 2.24) is 19.9 Å². The summed E-state index contributed by atoms with van der Waals surface area (Å²) in [6.45, 7) is 1.75. The number of halogens is 10. The number of thiophene rings is 2. The predicted octanol–water partition coefficient (Wildman–Crippen LogP) is 11.2. The minimum absolute atomic E-state index is 0.0268. The van der Waals surface area contributed by atoms with E-state index < -0.39 is 42.9 Å². The van der Waals surface area contributed by atoms with Gasteiger partial charge in [-0.25, -0.2) is 19.9 Å². The fraction of sp³-hybridized carbons (Fsp3) is 0.250. The molecule has 0 fully saturated rings. The Balaban J connectivity index is 0.000000195. The number of ether oxygens (including phenoxy) is 1. The van der Waals surface area contributed by atoms with Crippen LogP contribution in [0.3, 0.4) is 0 Å². The van der Waals surface area contributed by atoms with Gasteiger partial charge < -0.3 is 4.74 Å². The molecule has 17 heteroatoms. The lowest BCUT2D eigenvalue weighted by Crippen LogP contribution is -2.17. The summed E-state index contributed by atoms with van der Waals surface area (Å²) in [5.41, 5.74) is -0.222. The average Bonchev–Trinajstić information content (AvgIpc) is 3.59. The van der Waals surface area contributed by atoms with Crippen LogP contribution < -0.4 is 0 Å². The third-order valence-electron chi connectivity index (χ3n) is 6.67. The van der Waals surface area contributed by atoms with Gasteiger partial charge in [0, 0.05) is 31.7 Å². The zero-order chi connectivity index (χ0) is 35.7. The highest BCUT2D eigenvalue weighted by Crippen LogP contribution is 2.37. The number of rotatable bonds is 6. The third kappa shape index (κ3) is 9.04. The molecule has 0 aliphatic rings. The number of aromatic nitrogens is 4. The summed E-state index contributed by atoms with van der Waals surface area (Å²) in [5, 5.41) is 1.28. The van der Waals surface area contributed by atoms with E-state index in [0.717, 1.165) is 44.2 Å². The second kappa shape index (κ2) is 14.2. The molecule has 0 unspecified atom stereocenters. The zero-order valence-corrected chi connectivity index (χ0v) is 27.6. The Morgan fingerprint density at radius 2 is 1.08 bits per heavy atom. The van der Waals surface area contributed by atoms with Gasteiger partial charge in [0.25, 0.3) is 0 Å². The number of hydrogen-bond donors (Lipinski definition) is 0. The number of fused-ring (bicyclic) bond motifs is 2. The normalized spacial score (nSPS) is 12.4. The molecule has 4 heterocycles. The molecule has 0 aliphatic heterocycles. The Bertz CT molecular complexity index is 2110. The first-order chi connectivity index (χ1) is 22.9. The predicted molar refractivity (Wildman–Crippen MR) is 170 cm³/mol. The SMILES string of the molecule is Cc1cc2c(-c3cccc(C(F)(F)F)c3)nc(CCl)nc2s1.Cc1cc2c(-c3cccc(C(F)(F)F)c3)nc(COCC(F)(F)F)nc2s1. The molecule has 0 aliphatic carbocycles. The molecule has 6 rings (SSSR count). The quantitative estimate of drug-likeness (QED) is 0.125. The van der Waals surface area contributed by atoms with Gasteiger partial charge in [-0.05, 0) is 50.2 Å². The molecular formula is C32H22ClF9N4OS2. The largest absolute Gasteiger partial charge is 0.416 e. The molecule has 6 aromatic rings. The fourth-order valence-corrected chi connectivity index (χ4v) is 6.60. The van der Waals surface area contributed by atoms with Gasteiger partial charge >= 0.3 is 18.5 Å². The topological polar surface area (TPSA) is 60.8 Å². The van der Waals surface area contributed by atoms with Crippen LogP contribution in [0.2, 0.25) is 0 Å². The van der Waals surface area contributed by atoms with Crippen LogP contribution in [-0.2, 0) is 29.6 Å². The molecular weight excluding hydrogens is 727 g/mol. The first kappa shape index (κ1) is 36.4. The third-order valence-corrected chi connectivity index (χ3v) is 8.80. The summed E-state index contributed by atoms with van der Waals surface area (Å²) >= 11 is 8.54. The first-order valence-corrected chi connectivity index (χ1v) is 16.2. The van der Waals surface area contributed by atoms with Crippen LogP contribution in [0.25, 0.3) is 42.9 Å². The standard InChI is InChI=1S/C17H12F6N2OS.C15H10ClF3N2S/c1-9-5-12-14(10-3-2-4-11(6-10)17(21,22)23)24-13(25-15(12)27-9)7-26-8-16(18,19)20;1-8-5-11-13(20-12(7-16)21-14(11)22-8)9-3-2-4-10(6-9)15(17,18)19/h2-6H,7-8H2,1H3;2-6H,7H2,1H3. The van der Waals surface area contributed by atoms with Crippen molar-refractivity contribution in [3.05, 3.63) is 93.2 Å². The second-order valence-electron chi connectivity index (χ2n) is 10.5. The van der Waals surface area contributed by atoms with Crippen LogP contribution in [-0.4, -0.2) is 32.7 Å². The van der Waals surface area contributed by atoms with Gasteiger partial charge in [-0.15, -0.1) is 34.3 Å². The van der Waals surface area contributed by atoms with Crippen molar-refractivity contribution in [3.8, 4) is 22.5 Å². The molecule has 0 spiro atoms. The maximum atomic E-state index is 13.0. The minimum Gasteiger partial charge on any atom is -0.364 e. The lowest BCUT2D eigenvalue weighted by molar-refractivity contribution is -0.177. The van der Waals surface area contributed by atoms with Crippen LogP contribution in [0.1, 0.15) is 32.5 Å². The van der Waals surface area contributed by atoms with Gasteiger partial charge in [-0.2, -0.15) is 39.5 Å². The van der Waals surface area contributed by atoms with Crippen molar-refractivity contribution in [2.45, 2.75) is 44.9 Å². The van der Waals surface area contributed by atoms with Gasteiger partial charge in [-0.1, -0.05) is 24.3 Å². The van der Waals surface area contributed by atoms with Crippen molar-refractivity contribution < 1.29 is 44.3 Å². The Hall–Kier alpha value is -3.86. The van der Waals surface area contributed by atoms with Gasteiger partial charge in [0.05, 0.1) is 28.4 Å². The Morgan fingerprint density at radius 3 is 1.51 bits per heavy atom. The maximum absolute atomic E-state index is 13.0. The van der Waals surface area contributed by atoms with E-state index >= 15 is 0 Å². The molecule has 0 radical (unpaired) electrons. The summed E-state index contributed by atoms with van der Waals surface area (Å²) in [6.07, 6.45) is -13.4. The maximum Gasteiger partial charge on any atom is 0.416 e. The van der Waals surface area contributed by atoms with Crippen LogP contribution in [0.15, 0.2) is 60.7 Å². The molecule has 0 saturated heterocycles. The first-order valence-electron chi connectivity index (χ1n) is 14.0. The van der Waals surface area contributed by atoms with E-state index in [9.17, 15) is 39.5 Å². The number of hydrogen-bond acceptors (Lipinski definition) is 7. The van der Waals surface area contributed by atoms with Gasteiger partial charge in [0.15, 0.2) is 5.82 Å². The molecule has 5 nitrogen and oxygen atoms in total. The average molecular weight is 749 g/mol. The summed E-state index contributed by atoms with van der Waals surface area (Å²) in [4.78, 5) is 20.0. The monoisotopic (exact) mass is 748 g/mol. The van der Waals surface area contributed by atoms with Gasteiger partial charge in [0.2, 0.25) is 0 Å². The molecule has 0 amide bonds. The van der Waals surface area contributed by atoms with Crippen LogP contribution >= 0.6 is 34.3 Å². The van der Waals surface area contributed by atoms with E-state index in [-0.39, 0.29) is 23.0 Å². The Morgan fingerprint density at radius 1 is 0.633 bits per heavy atom. The fourth-order valence-electron chi connectivity index (χ4n) is 4.68. The van der Waals surface area contributed by atoms with Crippen molar-refractivity contribution in [2.75, 3.05) is 6.61 Å². The molecule has 0 N–H and O–H groups in total. The lowest BCUT2D eigenvalue weighted by Gasteiger charge is -2.11. The van der Waals surface area contributed by atoms with Crippen molar-refractivity contribution in [2.24, 2.45) is 0 Å². The summed E-state index contributed by atoms with van der Waals surface area (Å²) in [7, 11) is 0. The van der Waals surface area contributed by atoms with E-state index in [1.165, 1.54) is 40.9 Å². The molecule has 258 valence electrons. The van der Waals surface area contributed by atoms with Gasteiger partial charge in [-0.3, -0.25) is 0 Å². The Labute approximate surface area is 285 Å². The van der Waals surface area contributed by atoms with E-state index in [0.29, 0.717) is 27.3 Å². The molecule has 49 heavy (non-hydrogen) atoms. The summed E-state index contributed by atoms with van der Waals surface area (Å²) in [5.74, 6) is 0.489. The molecule has 0 saturated carbocycles. The van der Waals surface area contributed by atoms with Gasteiger partial charge in [0.1, 0.15) is 28.7 Å². The highest BCUT2D eigenvalue weighted by molar-refractivity contribution is 7.19. The van der Waals surface area contributed by atoms with Crippen LogP contribution in [0.5, 0.6) is 0 Å². The van der Waals surface area contributed by atoms with E-state index in [1.54, 1.807) is 19.1 Å². The van der Waals surface area contributed by atoms with E-state index in [2.05, 4.69) is 24.7 Å². The number of benzene rings is 2. The van der Waals surface area contributed by atoms with Crippen molar-refractivity contribution in [3.63, 3.8) is 0 Å². The Kier molecular flexibility index (Phi) is 10.5. The second-order valence-corrected chi connectivity index (χ2v) is 13.3. The molecule has 0 atom stereocenters. The minimum atomic E-state index is -4.52. The van der Waals surface area contributed by atoms with Crippen LogP contribution in [0.4, 0.5) is 39.5 Å². The smallest absolute Gasteiger partial charge is 0.364 e. The molecule has 2 aromatic carbocycles. The van der Waals surface area contributed by atoms with E-state index in [1.807, 2.05) is 13.0 Å². The summed E-state index contributed by atoms with van der Waals surface area (Å²) < 4.78 is 119. The summed E-state index contributed by atoms with van der Waals surface area (Å²) in [6, 6.07) is 13.4. The number of alkyl halides is 10. The van der Waals surface area contributed by atoms with Crippen molar-refractivity contribution in [1.29, 1.82) is 0 Å². The lowest BCUT2D eigenvalue weighted by atomic mass is 10.1. The number of aryl methyl sites for hydroxylation is 2. The highest BCUT2D eigenvalue weighted by Gasteiger charge is 2.32. The molecule has 4 aromatic heterocycles. The van der Waals surface area contributed by atoms with Crippen LogP contribution in [0, 0.1) is 13.8 Å². The number of nitrogens with zero attached hydrogens (tertiary/aromatic N) is 4. The van der Waals surface area contributed by atoms with Crippen molar-refractivity contribution >= 4 is 54.7 Å². The highest BCUT2D eigenvalue weighted by atomic mass is 35.5. The molecule has 0 bridgehead atoms. The zero-order valence-electron chi connectivity index (χ0n) is 25.2. The van der Waals surface area contributed by atoms with E-state index in [4.69, 9.17) is 11.6 Å².